The summed E-state index contributed by atoms with van der Waals surface area (Å²) in [6, 6.07) is 14.0. The van der Waals surface area contributed by atoms with Crippen molar-refractivity contribution in [1.29, 1.82) is 0 Å². The van der Waals surface area contributed by atoms with Crippen molar-refractivity contribution in [3.8, 4) is 0 Å². The van der Waals surface area contributed by atoms with Gasteiger partial charge in [-0.25, -0.2) is 9.98 Å². The molecule has 7 heteroatoms. The Balaban J connectivity index is 1.74. The number of para-hydroxylation sites is 1. The third-order valence-electron chi connectivity index (χ3n) is 2.79. The summed E-state index contributed by atoms with van der Waals surface area (Å²) in [7, 11) is 0. The molecule has 3 aromatic rings. The van der Waals surface area contributed by atoms with Gasteiger partial charge < -0.3 is 11.1 Å². The number of benzene rings is 1. The molecule has 112 valence electrons. The molecule has 0 fully saturated rings. The van der Waals surface area contributed by atoms with Crippen LogP contribution in [0.5, 0.6) is 0 Å². The number of nitrogens with two attached hydrogens (primary N) is 1. The molecule has 3 rings (SSSR count). The molecule has 0 bridgehead atoms. The highest BCUT2D eigenvalue weighted by atomic mass is 32.2. The van der Waals surface area contributed by atoms with E-state index in [4.69, 9.17) is 5.73 Å². The number of thiazole rings is 1. The highest BCUT2D eigenvalue weighted by Crippen LogP contribution is 2.27. The Bertz CT molecular complexity index is 777. The number of nitrogens with one attached hydrogen (secondary N) is 1. The maximum absolute atomic E-state index is 6.05. The molecule has 2 aromatic heterocycles. The quantitative estimate of drug-likeness (QED) is 0.399. The zero-order chi connectivity index (χ0) is 15.4. The molecule has 3 N–H and O–H groups in total. The van der Waals surface area contributed by atoms with Crippen LogP contribution in [0.2, 0.25) is 0 Å². The van der Waals surface area contributed by atoms with Gasteiger partial charge in [0.2, 0.25) is 0 Å². The summed E-state index contributed by atoms with van der Waals surface area (Å²) < 4.78 is 1.22. The van der Waals surface area contributed by atoms with Crippen molar-refractivity contribution in [2.45, 2.75) is 4.21 Å². The molecule has 0 radical (unpaired) electrons. The van der Waals surface area contributed by atoms with Crippen LogP contribution in [0.15, 0.2) is 57.0 Å². The standard InChI is InChI=1S/C15H14N4S3/c1-20-13-8-7-11(22-13)14(16)18-12-9-21-15(19-12)17-10-5-3-2-4-6-10/h2-9H,1H3,(H2,16,18)(H,17,19). The largest absolute Gasteiger partial charge is 0.382 e. The maximum Gasteiger partial charge on any atom is 0.189 e. The van der Waals surface area contributed by atoms with Crippen molar-refractivity contribution in [3.05, 3.63) is 52.7 Å². The lowest BCUT2D eigenvalue weighted by Crippen LogP contribution is -2.10. The van der Waals surface area contributed by atoms with Gasteiger partial charge in [0, 0.05) is 11.1 Å². The number of aromatic nitrogens is 1. The summed E-state index contributed by atoms with van der Waals surface area (Å²) in [5, 5.41) is 5.94. The fourth-order valence-corrected chi connectivity index (χ4v) is 3.86. The van der Waals surface area contributed by atoms with Crippen molar-refractivity contribution in [3.63, 3.8) is 0 Å². The highest BCUT2D eigenvalue weighted by molar-refractivity contribution is 8.00. The smallest absolute Gasteiger partial charge is 0.189 e. The van der Waals surface area contributed by atoms with Crippen LogP contribution >= 0.6 is 34.4 Å². The fraction of sp³-hybridized carbons (Fsp3) is 0.0667. The molecule has 4 nitrogen and oxygen atoms in total. The average molecular weight is 347 g/mol. The first-order chi connectivity index (χ1) is 10.7. The molecule has 22 heavy (non-hydrogen) atoms. The van der Waals surface area contributed by atoms with Crippen LogP contribution in [-0.2, 0) is 0 Å². The predicted octanol–water partition coefficient (Wildman–Crippen LogP) is 4.71. The molecule has 0 atom stereocenters. The first-order valence-corrected chi connectivity index (χ1v) is 9.42. The van der Waals surface area contributed by atoms with Crippen molar-refractivity contribution >= 4 is 56.9 Å². The molecule has 0 amide bonds. The normalized spacial score (nSPS) is 11.6. The van der Waals surface area contributed by atoms with Gasteiger partial charge in [-0.2, -0.15) is 0 Å². The van der Waals surface area contributed by atoms with Crippen LogP contribution < -0.4 is 11.1 Å². The van der Waals surface area contributed by atoms with E-state index in [0.29, 0.717) is 11.7 Å². The minimum absolute atomic E-state index is 0.502. The summed E-state index contributed by atoms with van der Waals surface area (Å²) in [6.07, 6.45) is 2.05. The second kappa shape index (κ2) is 6.95. The Labute approximate surface area is 141 Å². The lowest BCUT2D eigenvalue weighted by molar-refractivity contribution is 1.32. The Morgan fingerprint density at radius 2 is 2.05 bits per heavy atom. The molecule has 0 saturated heterocycles. The highest BCUT2D eigenvalue weighted by Gasteiger charge is 2.06. The van der Waals surface area contributed by atoms with Crippen LogP contribution in [0, 0.1) is 0 Å². The predicted molar refractivity (Wildman–Crippen MR) is 98.3 cm³/mol. The number of hydrogen-bond acceptors (Lipinski definition) is 6. The Morgan fingerprint density at radius 3 is 2.77 bits per heavy atom. The molecule has 1 aromatic carbocycles. The van der Waals surface area contributed by atoms with Crippen LogP contribution in [0.3, 0.4) is 0 Å². The van der Waals surface area contributed by atoms with E-state index in [-0.39, 0.29) is 0 Å². The molecule has 0 unspecified atom stereocenters. The summed E-state index contributed by atoms with van der Waals surface area (Å²) in [5.74, 6) is 1.13. The average Bonchev–Trinajstić information content (AvgIpc) is 3.17. The number of rotatable bonds is 5. The van der Waals surface area contributed by atoms with Gasteiger partial charge in [0.25, 0.3) is 0 Å². The number of thiophene rings is 1. The molecule has 0 aliphatic heterocycles. The monoisotopic (exact) mass is 346 g/mol. The molecule has 2 heterocycles. The fourth-order valence-electron chi connectivity index (χ4n) is 1.77. The number of aliphatic imine (C=N–C) groups is 1. The number of nitrogens with zero attached hydrogens (tertiary/aromatic N) is 2. The number of amidine groups is 1. The summed E-state index contributed by atoms with van der Waals surface area (Å²) >= 11 is 4.85. The maximum atomic E-state index is 6.05. The van der Waals surface area contributed by atoms with Crippen LogP contribution in [0.25, 0.3) is 0 Å². The van der Waals surface area contributed by atoms with Gasteiger partial charge in [0.05, 0.1) is 9.09 Å². The van der Waals surface area contributed by atoms with Crippen molar-refractivity contribution in [1.82, 2.24) is 4.98 Å². The summed E-state index contributed by atoms with van der Waals surface area (Å²) in [6.45, 7) is 0. The van der Waals surface area contributed by atoms with Gasteiger partial charge in [-0.1, -0.05) is 18.2 Å². The van der Waals surface area contributed by atoms with E-state index in [1.807, 2.05) is 48.0 Å². The minimum Gasteiger partial charge on any atom is -0.382 e. The zero-order valence-corrected chi connectivity index (χ0v) is 14.3. The molecule has 0 aliphatic rings. The topological polar surface area (TPSA) is 63.3 Å². The van der Waals surface area contributed by atoms with E-state index in [1.165, 1.54) is 15.5 Å². The first-order valence-electron chi connectivity index (χ1n) is 6.50. The van der Waals surface area contributed by atoms with Gasteiger partial charge in [0.15, 0.2) is 10.9 Å². The minimum atomic E-state index is 0.502. The molecule has 0 saturated carbocycles. The number of hydrogen-bond donors (Lipinski definition) is 2. The zero-order valence-electron chi connectivity index (χ0n) is 11.8. The molecule has 0 aliphatic carbocycles. The molecular formula is C15H14N4S3. The molecule has 0 spiro atoms. The SMILES string of the molecule is CSc1ccc(C(N)=Nc2csc(Nc3ccccc3)n2)s1. The van der Waals surface area contributed by atoms with Gasteiger partial charge in [-0.05, 0) is 30.5 Å². The lowest BCUT2D eigenvalue weighted by Gasteiger charge is -2.00. The van der Waals surface area contributed by atoms with E-state index in [1.54, 1.807) is 23.1 Å². The third kappa shape index (κ3) is 3.68. The first kappa shape index (κ1) is 15.1. The van der Waals surface area contributed by atoms with Gasteiger partial charge in [-0.3, -0.25) is 0 Å². The van der Waals surface area contributed by atoms with Crippen LogP contribution in [0.4, 0.5) is 16.6 Å². The van der Waals surface area contributed by atoms with E-state index in [0.717, 1.165) is 15.7 Å². The van der Waals surface area contributed by atoms with E-state index in [9.17, 15) is 0 Å². The van der Waals surface area contributed by atoms with Gasteiger partial charge in [0.1, 0.15) is 5.84 Å². The Morgan fingerprint density at radius 1 is 1.23 bits per heavy atom. The summed E-state index contributed by atoms with van der Waals surface area (Å²) in [5.41, 5.74) is 7.06. The lowest BCUT2D eigenvalue weighted by atomic mass is 10.3. The Kier molecular flexibility index (Phi) is 4.77. The second-order valence-electron chi connectivity index (χ2n) is 4.32. The van der Waals surface area contributed by atoms with E-state index < -0.39 is 0 Å². The Hall–Kier alpha value is -1.83. The van der Waals surface area contributed by atoms with E-state index in [2.05, 4.69) is 21.4 Å². The summed E-state index contributed by atoms with van der Waals surface area (Å²) in [4.78, 5) is 9.80. The van der Waals surface area contributed by atoms with Crippen molar-refractivity contribution in [2.75, 3.05) is 11.6 Å². The van der Waals surface area contributed by atoms with Crippen LogP contribution in [-0.4, -0.2) is 17.1 Å². The number of thioether (sulfide) groups is 1. The number of anilines is 2. The van der Waals surface area contributed by atoms with Crippen molar-refractivity contribution < 1.29 is 0 Å². The van der Waals surface area contributed by atoms with Crippen molar-refractivity contribution in [2.24, 2.45) is 10.7 Å². The van der Waals surface area contributed by atoms with Gasteiger partial charge >= 0.3 is 0 Å². The second-order valence-corrected chi connectivity index (χ2v) is 7.37. The third-order valence-corrected chi connectivity index (χ3v) is 5.72. The molecular weight excluding hydrogens is 332 g/mol. The van der Waals surface area contributed by atoms with Crippen LogP contribution in [0.1, 0.15) is 4.88 Å². The van der Waals surface area contributed by atoms with E-state index >= 15 is 0 Å². The van der Waals surface area contributed by atoms with Gasteiger partial charge in [-0.15, -0.1) is 34.4 Å².